The van der Waals surface area contributed by atoms with Gasteiger partial charge in [0.1, 0.15) is 0 Å². The van der Waals surface area contributed by atoms with Gasteiger partial charge in [-0.3, -0.25) is 4.79 Å². The molecule has 0 aromatic rings. The standard InChI is InChI=1S/C13H22N2O/c14-8-13(3-4-13)15-12(16)7-11-6-9-1-2-10(11)5-9/h9-11H,1-8,14H2,(H,15,16). The van der Waals surface area contributed by atoms with Gasteiger partial charge in [0.15, 0.2) is 0 Å². The smallest absolute Gasteiger partial charge is 0.220 e. The number of nitrogens with one attached hydrogen (secondary N) is 1. The van der Waals surface area contributed by atoms with Crippen LogP contribution in [0, 0.1) is 17.8 Å². The fourth-order valence-electron chi connectivity index (χ4n) is 3.74. The molecule has 3 nitrogen and oxygen atoms in total. The Morgan fingerprint density at radius 3 is 2.62 bits per heavy atom. The summed E-state index contributed by atoms with van der Waals surface area (Å²) in [6, 6.07) is 0. The van der Waals surface area contributed by atoms with Gasteiger partial charge in [0, 0.05) is 13.0 Å². The van der Waals surface area contributed by atoms with Crippen LogP contribution in [-0.4, -0.2) is 18.0 Å². The van der Waals surface area contributed by atoms with Crippen LogP contribution < -0.4 is 11.1 Å². The second-order valence-electron chi connectivity index (χ2n) is 6.17. The summed E-state index contributed by atoms with van der Waals surface area (Å²) in [4.78, 5) is 11.9. The van der Waals surface area contributed by atoms with E-state index in [0.29, 0.717) is 12.5 Å². The lowest BCUT2D eigenvalue weighted by Gasteiger charge is -2.22. The summed E-state index contributed by atoms with van der Waals surface area (Å²) >= 11 is 0. The third-order valence-corrected chi connectivity index (χ3v) is 4.98. The molecule has 0 heterocycles. The van der Waals surface area contributed by atoms with E-state index < -0.39 is 0 Å². The molecule has 1 amide bonds. The number of hydrogen-bond acceptors (Lipinski definition) is 2. The van der Waals surface area contributed by atoms with Crippen LogP contribution in [0.1, 0.15) is 44.9 Å². The summed E-state index contributed by atoms with van der Waals surface area (Å²) in [5.74, 6) is 2.71. The normalized spacial score (nSPS) is 38.7. The lowest BCUT2D eigenvalue weighted by Crippen LogP contribution is -2.43. The molecule has 3 atom stereocenters. The largest absolute Gasteiger partial charge is 0.349 e. The number of hydrogen-bond donors (Lipinski definition) is 2. The number of nitrogens with two attached hydrogens (primary N) is 1. The van der Waals surface area contributed by atoms with Crippen LogP contribution in [0.3, 0.4) is 0 Å². The highest BCUT2D eigenvalue weighted by Gasteiger charge is 2.44. The van der Waals surface area contributed by atoms with E-state index in [4.69, 9.17) is 5.73 Å². The molecule has 3 saturated carbocycles. The number of fused-ring (bicyclic) bond motifs is 2. The van der Waals surface area contributed by atoms with Crippen molar-refractivity contribution < 1.29 is 4.79 Å². The van der Waals surface area contributed by atoms with E-state index in [1.165, 1.54) is 25.7 Å². The first-order valence-electron chi connectivity index (χ1n) is 6.72. The molecule has 0 aromatic carbocycles. The van der Waals surface area contributed by atoms with Crippen molar-refractivity contribution in [3.63, 3.8) is 0 Å². The zero-order chi connectivity index (χ0) is 11.2. The maximum atomic E-state index is 11.9. The van der Waals surface area contributed by atoms with Gasteiger partial charge in [-0.2, -0.15) is 0 Å². The van der Waals surface area contributed by atoms with Gasteiger partial charge in [-0.15, -0.1) is 0 Å². The van der Waals surface area contributed by atoms with Crippen molar-refractivity contribution in [3.05, 3.63) is 0 Å². The summed E-state index contributed by atoms with van der Waals surface area (Å²) in [5, 5.41) is 3.14. The molecule has 0 radical (unpaired) electrons. The molecule has 3 fully saturated rings. The van der Waals surface area contributed by atoms with E-state index in [9.17, 15) is 4.79 Å². The first-order valence-corrected chi connectivity index (χ1v) is 6.72. The molecule has 0 aliphatic heterocycles. The number of carbonyl (C=O) groups is 1. The van der Waals surface area contributed by atoms with Crippen LogP contribution in [0.4, 0.5) is 0 Å². The van der Waals surface area contributed by atoms with E-state index in [-0.39, 0.29) is 11.4 Å². The maximum Gasteiger partial charge on any atom is 0.220 e. The Hall–Kier alpha value is -0.570. The maximum absolute atomic E-state index is 11.9. The van der Waals surface area contributed by atoms with Crippen LogP contribution in [-0.2, 0) is 4.79 Å². The summed E-state index contributed by atoms with van der Waals surface area (Å²) < 4.78 is 0. The zero-order valence-corrected chi connectivity index (χ0v) is 9.87. The molecular formula is C13H22N2O. The molecule has 3 unspecified atom stereocenters. The molecule has 3 aliphatic rings. The quantitative estimate of drug-likeness (QED) is 0.756. The Kier molecular flexibility index (Phi) is 2.46. The van der Waals surface area contributed by atoms with Crippen molar-refractivity contribution in [2.45, 2.75) is 50.5 Å². The van der Waals surface area contributed by atoms with Crippen LogP contribution >= 0.6 is 0 Å². The molecule has 3 aliphatic carbocycles. The third kappa shape index (κ3) is 1.86. The van der Waals surface area contributed by atoms with Crippen molar-refractivity contribution in [2.24, 2.45) is 23.5 Å². The van der Waals surface area contributed by atoms with Crippen LogP contribution in [0.25, 0.3) is 0 Å². The van der Waals surface area contributed by atoms with Gasteiger partial charge in [0.05, 0.1) is 5.54 Å². The Balaban J connectivity index is 1.50. The average Bonchev–Trinajstić information content (AvgIpc) is 2.72. The van der Waals surface area contributed by atoms with Gasteiger partial charge in [0.2, 0.25) is 5.91 Å². The van der Waals surface area contributed by atoms with Crippen molar-refractivity contribution in [1.29, 1.82) is 0 Å². The molecular weight excluding hydrogens is 200 g/mol. The Morgan fingerprint density at radius 2 is 2.12 bits per heavy atom. The predicted molar refractivity (Wildman–Crippen MR) is 62.7 cm³/mol. The highest BCUT2D eigenvalue weighted by Crippen LogP contribution is 2.49. The first-order chi connectivity index (χ1) is 7.71. The SMILES string of the molecule is NCC1(NC(=O)CC2CC3CCC2C3)CC1. The lowest BCUT2D eigenvalue weighted by molar-refractivity contribution is -0.123. The molecule has 16 heavy (non-hydrogen) atoms. The molecule has 90 valence electrons. The van der Waals surface area contributed by atoms with Crippen LogP contribution in [0.2, 0.25) is 0 Å². The lowest BCUT2D eigenvalue weighted by atomic mass is 9.86. The minimum absolute atomic E-state index is 0.00526. The fourth-order valence-corrected chi connectivity index (χ4v) is 3.74. The van der Waals surface area contributed by atoms with E-state index in [1.807, 2.05) is 0 Å². The zero-order valence-electron chi connectivity index (χ0n) is 9.87. The monoisotopic (exact) mass is 222 g/mol. The molecule has 3 N–H and O–H groups in total. The van der Waals surface area contributed by atoms with Gasteiger partial charge in [0.25, 0.3) is 0 Å². The van der Waals surface area contributed by atoms with Gasteiger partial charge < -0.3 is 11.1 Å². The summed E-state index contributed by atoms with van der Waals surface area (Å²) in [5.41, 5.74) is 5.67. The topological polar surface area (TPSA) is 55.1 Å². The third-order valence-electron chi connectivity index (χ3n) is 4.98. The van der Waals surface area contributed by atoms with Gasteiger partial charge in [-0.1, -0.05) is 6.42 Å². The molecule has 3 rings (SSSR count). The van der Waals surface area contributed by atoms with Crippen LogP contribution in [0.5, 0.6) is 0 Å². The van der Waals surface area contributed by atoms with E-state index in [0.717, 1.165) is 31.1 Å². The van der Waals surface area contributed by atoms with Gasteiger partial charge in [-0.25, -0.2) is 0 Å². The van der Waals surface area contributed by atoms with Gasteiger partial charge in [-0.05, 0) is 49.9 Å². The number of amides is 1. The first kappa shape index (κ1) is 10.6. The minimum Gasteiger partial charge on any atom is -0.349 e. The Bertz CT molecular complexity index is 298. The average molecular weight is 222 g/mol. The highest BCUT2D eigenvalue weighted by molar-refractivity contribution is 5.77. The fraction of sp³-hybridized carbons (Fsp3) is 0.923. The van der Waals surface area contributed by atoms with Crippen molar-refractivity contribution in [1.82, 2.24) is 5.32 Å². The number of carbonyl (C=O) groups excluding carboxylic acids is 1. The van der Waals surface area contributed by atoms with Crippen LogP contribution in [0.15, 0.2) is 0 Å². The molecule has 3 heteroatoms. The van der Waals surface area contributed by atoms with E-state index in [1.54, 1.807) is 0 Å². The van der Waals surface area contributed by atoms with Gasteiger partial charge >= 0.3 is 0 Å². The molecule has 0 spiro atoms. The number of rotatable bonds is 4. The Morgan fingerprint density at radius 1 is 1.31 bits per heavy atom. The minimum atomic E-state index is -0.00526. The van der Waals surface area contributed by atoms with Crippen molar-refractivity contribution >= 4 is 5.91 Å². The summed E-state index contributed by atoms with van der Waals surface area (Å²) in [6.07, 6.45) is 8.37. The highest BCUT2D eigenvalue weighted by atomic mass is 16.1. The summed E-state index contributed by atoms with van der Waals surface area (Å²) in [7, 11) is 0. The van der Waals surface area contributed by atoms with Crippen molar-refractivity contribution in [3.8, 4) is 0 Å². The second-order valence-corrected chi connectivity index (χ2v) is 6.17. The predicted octanol–water partition coefficient (Wildman–Crippen LogP) is 1.42. The molecule has 0 aromatic heterocycles. The molecule has 0 saturated heterocycles. The second kappa shape index (κ2) is 3.73. The van der Waals surface area contributed by atoms with E-state index >= 15 is 0 Å². The Labute approximate surface area is 97.2 Å². The van der Waals surface area contributed by atoms with E-state index in [2.05, 4.69) is 5.32 Å². The molecule has 2 bridgehead atoms. The van der Waals surface area contributed by atoms with Crippen molar-refractivity contribution in [2.75, 3.05) is 6.54 Å². The summed E-state index contributed by atoms with van der Waals surface area (Å²) in [6.45, 7) is 0.607.